The van der Waals surface area contributed by atoms with Crippen LogP contribution in [-0.2, 0) is 14.3 Å². The van der Waals surface area contributed by atoms with Crippen molar-refractivity contribution in [2.45, 2.75) is 34.1 Å². The Balaban J connectivity index is 2.13. The number of nitrogens with zero attached hydrogens (tertiary/aromatic N) is 2. The van der Waals surface area contributed by atoms with Crippen molar-refractivity contribution in [1.82, 2.24) is 4.98 Å². The van der Waals surface area contributed by atoms with Gasteiger partial charge in [0.15, 0.2) is 6.61 Å². The largest absolute Gasteiger partial charge is 0.461 e. The molecule has 0 spiro atoms. The quantitative estimate of drug-likeness (QED) is 0.668. The van der Waals surface area contributed by atoms with E-state index in [2.05, 4.69) is 4.98 Å². The van der Waals surface area contributed by atoms with E-state index in [0.717, 1.165) is 5.56 Å². The van der Waals surface area contributed by atoms with E-state index in [1.54, 1.807) is 32.9 Å². The summed E-state index contributed by atoms with van der Waals surface area (Å²) < 4.78 is 10.2. The maximum absolute atomic E-state index is 12.7. The van der Waals surface area contributed by atoms with E-state index in [1.807, 2.05) is 25.1 Å². The first-order chi connectivity index (χ1) is 14.3. The summed E-state index contributed by atoms with van der Waals surface area (Å²) in [5.74, 6) is -1.72. The summed E-state index contributed by atoms with van der Waals surface area (Å²) in [4.78, 5) is 41.5. The molecule has 0 aliphatic heterocycles. The smallest absolute Gasteiger partial charge is 0.355 e. The topological polar surface area (TPSA) is 112 Å². The molecule has 1 aromatic heterocycles. The Hall–Kier alpha value is -3.60. The molecule has 1 amide bonds. The van der Waals surface area contributed by atoms with Crippen LogP contribution in [0, 0.1) is 32.1 Å². The SMILES string of the molecule is CCOC(=O)c1[nH]c(C)c(C(=O)OCC(=O)N(CCC#N)c2ccc(C)cc2)c1C. The second-order valence-corrected chi connectivity index (χ2v) is 6.71. The number of esters is 2. The summed E-state index contributed by atoms with van der Waals surface area (Å²) in [5, 5.41) is 8.89. The minimum absolute atomic E-state index is 0.145. The van der Waals surface area contributed by atoms with Crippen molar-refractivity contribution in [2.75, 3.05) is 24.7 Å². The van der Waals surface area contributed by atoms with Gasteiger partial charge in [0.25, 0.3) is 5.91 Å². The van der Waals surface area contributed by atoms with Crippen LogP contribution in [0.1, 0.15) is 51.0 Å². The Labute approximate surface area is 175 Å². The molecule has 30 heavy (non-hydrogen) atoms. The van der Waals surface area contributed by atoms with Crippen molar-refractivity contribution < 1.29 is 23.9 Å². The lowest BCUT2D eigenvalue weighted by Gasteiger charge is -2.22. The zero-order chi connectivity index (χ0) is 22.3. The Bertz CT molecular complexity index is 970. The van der Waals surface area contributed by atoms with Gasteiger partial charge in [-0.2, -0.15) is 5.26 Å². The molecule has 0 saturated heterocycles. The Morgan fingerprint density at radius 2 is 1.73 bits per heavy atom. The molecular weight excluding hydrogens is 386 g/mol. The number of nitriles is 1. The number of aromatic nitrogens is 1. The minimum Gasteiger partial charge on any atom is -0.461 e. The molecule has 0 unspecified atom stereocenters. The van der Waals surface area contributed by atoms with E-state index in [9.17, 15) is 14.4 Å². The third-order valence-corrected chi connectivity index (χ3v) is 4.54. The number of aryl methyl sites for hydroxylation is 2. The van der Waals surface area contributed by atoms with Gasteiger partial charge in [-0.05, 0) is 45.4 Å². The second kappa shape index (κ2) is 10.3. The van der Waals surface area contributed by atoms with Gasteiger partial charge in [-0.3, -0.25) is 4.79 Å². The fourth-order valence-corrected chi connectivity index (χ4v) is 3.03. The fourth-order valence-electron chi connectivity index (χ4n) is 3.03. The number of aromatic amines is 1. The molecule has 1 aromatic carbocycles. The van der Waals surface area contributed by atoms with Crippen LogP contribution in [0.2, 0.25) is 0 Å². The number of hydrogen-bond acceptors (Lipinski definition) is 6. The summed E-state index contributed by atoms with van der Waals surface area (Å²) in [5.41, 5.74) is 2.90. The van der Waals surface area contributed by atoms with E-state index in [-0.39, 0.29) is 30.8 Å². The number of carbonyl (C=O) groups excluding carboxylic acids is 3. The molecule has 2 aromatic rings. The molecule has 1 N–H and O–H groups in total. The standard InChI is InChI=1S/C22H25N3O5/c1-5-29-22(28)20-15(3)19(16(4)24-20)21(27)30-13-18(26)25(12-6-11-23)17-9-7-14(2)8-10-17/h7-10,24H,5-6,12-13H2,1-4H3. The lowest BCUT2D eigenvalue weighted by Crippen LogP contribution is -2.35. The van der Waals surface area contributed by atoms with E-state index in [1.165, 1.54) is 4.90 Å². The molecule has 0 radical (unpaired) electrons. The molecular formula is C22H25N3O5. The number of rotatable bonds is 8. The van der Waals surface area contributed by atoms with E-state index in [0.29, 0.717) is 16.9 Å². The first-order valence-electron chi connectivity index (χ1n) is 9.57. The van der Waals surface area contributed by atoms with Crippen LogP contribution in [0.25, 0.3) is 0 Å². The summed E-state index contributed by atoms with van der Waals surface area (Å²) in [7, 11) is 0. The van der Waals surface area contributed by atoms with Gasteiger partial charge >= 0.3 is 11.9 Å². The van der Waals surface area contributed by atoms with Crippen molar-refractivity contribution in [3.63, 3.8) is 0 Å². The van der Waals surface area contributed by atoms with Gasteiger partial charge in [-0.25, -0.2) is 9.59 Å². The number of ether oxygens (including phenoxy) is 2. The monoisotopic (exact) mass is 411 g/mol. The molecule has 158 valence electrons. The predicted octanol–water partition coefficient (Wildman–Crippen LogP) is 3.22. The number of hydrogen-bond donors (Lipinski definition) is 1. The molecule has 0 aliphatic carbocycles. The summed E-state index contributed by atoms with van der Waals surface area (Å²) in [6, 6.07) is 9.28. The molecule has 8 heteroatoms. The second-order valence-electron chi connectivity index (χ2n) is 6.71. The maximum Gasteiger partial charge on any atom is 0.355 e. The average molecular weight is 411 g/mol. The van der Waals surface area contributed by atoms with Crippen molar-refractivity contribution in [3.05, 3.63) is 52.3 Å². The summed E-state index contributed by atoms with van der Waals surface area (Å²) in [6.45, 7) is 6.78. The Kier molecular flexibility index (Phi) is 7.76. The first kappa shape index (κ1) is 22.7. The van der Waals surface area contributed by atoms with Crippen LogP contribution in [0.4, 0.5) is 5.69 Å². The summed E-state index contributed by atoms with van der Waals surface area (Å²) in [6.07, 6.45) is 0.145. The van der Waals surface area contributed by atoms with Gasteiger partial charge in [0, 0.05) is 17.9 Å². The van der Waals surface area contributed by atoms with Crippen molar-refractivity contribution >= 4 is 23.5 Å². The van der Waals surface area contributed by atoms with Crippen molar-refractivity contribution in [3.8, 4) is 6.07 Å². The highest BCUT2D eigenvalue weighted by molar-refractivity contribution is 6.00. The molecule has 1 heterocycles. The van der Waals surface area contributed by atoms with Crippen LogP contribution >= 0.6 is 0 Å². The molecule has 0 atom stereocenters. The van der Waals surface area contributed by atoms with Crippen LogP contribution in [0.5, 0.6) is 0 Å². The van der Waals surface area contributed by atoms with Gasteiger partial charge in [0.05, 0.1) is 24.7 Å². The van der Waals surface area contributed by atoms with Crippen molar-refractivity contribution in [2.24, 2.45) is 0 Å². The van der Waals surface area contributed by atoms with E-state index >= 15 is 0 Å². The van der Waals surface area contributed by atoms with E-state index in [4.69, 9.17) is 14.7 Å². The van der Waals surface area contributed by atoms with Crippen LogP contribution in [-0.4, -0.2) is 42.6 Å². The highest BCUT2D eigenvalue weighted by Gasteiger charge is 2.25. The zero-order valence-corrected chi connectivity index (χ0v) is 17.6. The van der Waals surface area contributed by atoms with Gasteiger partial charge < -0.3 is 19.4 Å². The zero-order valence-electron chi connectivity index (χ0n) is 17.6. The normalized spacial score (nSPS) is 10.2. The van der Waals surface area contributed by atoms with Crippen LogP contribution in [0.3, 0.4) is 0 Å². The maximum atomic E-state index is 12.7. The molecule has 2 rings (SSSR count). The van der Waals surface area contributed by atoms with Gasteiger partial charge in [0.2, 0.25) is 0 Å². The third kappa shape index (κ3) is 5.26. The number of anilines is 1. The highest BCUT2D eigenvalue weighted by atomic mass is 16.5. The third-order valence-electron chi connectivity index (χ3n) is 4.54. The van der Waals surface area contributed by atoms with Gasteiger partial charge in [-0.1, -0.05) is 17.7 Å². The van der Waals surface area contributed by atoms with Gasteiger partial charge in [0.1, 0.15) is 5.69 Å². The average Bonchev–Trinajstić information content (AvgIpc) is 3.02. The predicted molar refractivity (Wildman–Crippen MR) is 110 cm³/mol. The fraction of sp³-hybridized carbons (Fsp3) is 0.364. The van der Waals surface area contributed by atoms with Crippen molar-refractivity contribution in [1.29, 1.82) is 5.26 Å². The minimum atomic E-state index is -0.714. The molecule has 0 bridgehead atoms. The van der Waals surface area contributed by atoms with E-state index < -0.39 is 24.5 Å². The molecule has 8 nitrogen and oxygen atoms in total. The summed E-state index contributed by atoms with van der Waals surface area (Å²) >= 11 is 0. The number of H-pyrrole nitrogens is 1. The van der Waals surface area contributed by atoms with Crippen LogP contribution in [0.15, 0.2) is 24.3 Å². The van der Waals surface area contributed by atoms with Crippen LogP contribution < -0.4 is 4.90 Å². The number of carbonyl (C=O) groups is 3. The molecule has 0 aliphatic rings. The first-order valence-corrected chi connectivity index (χ1v) is 9.57. The number of benzene rings is 1. The molecule has 0 saturated carbocycles. The number of amides is 1. The Morgan fingerprint density at radius 1 is 1.07 bits per heavy atom. The van der Waals surface area contributed by atoms with Gasteiger partial charge in [-0.15, -0.1) is 0 Å². The highest BCUT2D eigenvalue weighted by Crippen LogP contribution is 2.20. The number of nitrogens with one attached hydrogen (secondary N) is 1. The lowest BCUT2D eigenvalue weighted by atomic mass is 10.1. The Morgan fingerprint density at radius 3 is 2.33 bits per heavy atom. The lowest BCUT2D eigenvalue weighted by molar-refractivity contribution is -0.121. The molecule has 0 fully saturated rings.